The van der Waals surface area contributed by atoms with E-state index in [2.05, 4.69) is 4.72 Å². The molecule has 3 aromatic carbocycles. The number of aliphatic carboxylic acids is 1. The van der Waals surface area contributed by atoms with Gasteiger partial charge in [-0.3, -0.25) is 19.7 Å². The molecule has 1 saturated heterocycles. The van der Waals surface area contributed by atoms with Crippen LogP contribution in [0.25, 0.3) is 0 Å². The van der Waals surface area contributed by atoms with E-state index in [1.165, 1.54) is 43.3 Å². The molecule has 0 radical (unpaired) electrons. The van der Waals surface area contributed by atoms with Gasteiger partial charge in [-0.2, -0.15) is 0 Å². The number of nitrogen functional groups attached to an aromatic ring is 1. The maximum atomic E-state index is 13.1. The second-order valence-corrected chi connectivity index (χ2v) is 11.6. The van der Waals surface area contributed by atoms with Crippen molar-refractivity contribution in [3.63, 3.8) is 0 Å². The topological polar surface area (TPSA) is 163 Å². The molecule has 0 saturated carbocycles. The van der Waals surface area contributed by atoms with Gasteiger partial charge in [0.25, 0.3) is 10.0 Å². The van der Waals surface area contributed by atoms with E-state index in [1.807, 2.05) is 30.3 Å². The van der Waals surface area contributed by atoms with Crippen LogP contribution in [0.2, 0.25) is 0 Å². The molecule has 11 heteroatoms. The molecule has 1 amide bonds. The highest BCUT2D eigenvalue weighted by atomic mass is 32.2. The fraction of sp³-hybridized carbons (Fsp3) is 0.276. The van der Waals surface area contributed by atoms with Crippen LogP contribution >= 0.6 is 0 Å². The number of nitrogens with two attached hydrogens (primary N) is 1. The number of ether oxygens (including phenoxy) is 1. The third-order valence-electron chi connectivity index (χ3n) is 7.02. The van der Waals surface area contributed by atoms with Crippen molar-refractivity contribution < 1.29 is 27.9 Å². The smallest absolute Gasteiger partial charge is 0.319 e. The van der Waals surface area contributed by atoms with Gasteiger partial charge in [-0.25, -0.2) is 8.42 Å². The Balaban J connectivity index is 1.39. The molecule has 2 atom stereocenters. The first-order valence-corrected chi connectivity index (χ1v) is 14.3. The first-order valence-electron chi connectivity index (χ1n) is 12.8. The number of anilines is 1. The summed E-state index contributed by atoms with van der Waals surface area (Å²) in [6.07, 6.45) is 1.55. The van der Waals surface area contributed by atoms with Gasteiger partial charge in [-0.15, -0.1) is 0 Å². The fourth-order valence-electron chi connectivity index (χ4n) is 4.70. The summed E-state index contributed by atoms with van der Waals surface area (Å²) in [5.74, 6) is -1.31. The van der Waals surface area contributed by atoms with Crippen molar-refractivity contribution in [3.05, 3.63) is 90.0 Å². The zero-order valence-electron chi connectivity index (χ0n) is 22.0. The van der Waals surface area contributed by atoms with E-state index in [-0.39, 0.29) is 23.8 Å². The number of amides is 1. The van der Waals surface area contributed by atoms with Gasteiger partial charge in [0.2, 0.25) is 5.91 Å². The molecule has 210 valence electrons. The van der Waals surface area contributed by atoms with Crippen LogP contribution in [0.3, 0.4) is 0 Å². The van der Waals surface area contributed by atoms with E-state index in [1.54, 1.807) is 17.0 Å². The Morgan fingerprint density at radius 3 is 2.35 bits per heavy atom. The maximum absolute atomic E-state index is 13.1. The number of carboxylic acid groups (broad SMARTS) is 1. The highest BCUT2D eigenvalue weighted by molar-refractivity contribution is 7.92. The van der Waals surface area contributed by atoms with Crippen LogP contribution in [0.5, 0.6) is 5.75 Å². The summed E-state index contributed by atoms with van der Waals surface area (Å²) in [5, 5.41) is 17.2. The molecule has 4 rings (SSSR count). The summed E-state index contributed by atoms with van der Waals surface area (Å²) in [4.78, 5) is 26.6. The number of carboxylic acids is 1. The highest BCUT2D eigenvalue weighted by Gasteiger charge is 2.53. The van der Waals surface area contributed by atoms with Gasteiger partial charge < -0.3 is 20.5 Å². The van der Waals surface area contributed by atoms with Gasteiger partial charge in [-0.1, -0.05) is 30.3 Å². The van der Waals surface area contributed by atoms with E-state index in [4.69, 9.17) is 15.9 Å². The third kappa shape index (κ3) is 6.42. The number of aryl methyl sites for hydroxylation is 1. The molecule has 40 heavy (non-hydrogen) atoms. The van der Waals surface area contributed by atoms with Crippen LogP contribution in [-0.4, -0.2) is 55.3 Å². The number of nitrogens with zero attached hydrogens (tertiary/aromatic N) is 1. The van der Waals surface area contributed by atoms with Crippen molar-refractivity contribution in [1.82, 2.24) is 4.90 Å². The van der Waals surface area contributed by atoms with Gasteiger partial charge >= 0.3 is 5.97 Å². The molecular weight excluding hydrogens is 532 g/mol. The number of carbonyl (C=O) groups is 2. The van der Waals surface area contributed by atoms with Crippen molar-refractivity contribution in [3.8, 4) is 5.75 Å². The minimum Gasteiger partial charge on any atom is -0.491 e. The molecule has 0 aromatic heterocycles. The monoisotopic (exact) mass is 564 g/mol. The summed E-state index contributed by atoms with van der Waals surface area (Å²) in [6.45, 7) is 1.93. The lowest BCUT2D eigenvalue weighted by atomic mass is 9.87. The highest BCUT2D eigenvalue weighted by Crippen LogP contribution is 2.37. The summed E-state index contributed by atoms with van der Waals surface area (Å²) in [7, 11) is -3.88. The van der Waals surface area contributed by atoms with Crippen LogP contribution in [-0.2, 0) is 26.0 Å². The van der Waals surface area contributed by atoms with Gasteiger partial charge in [0.15, 0.2) is 0 Å². The minimum atomic E-state index is -3.88. The summed E-state index contributed by atoms with van der Waals surface area (Å²) in [5.41, 5.74) is 5.85. The SMILES string of the molecule is C[C@]1(C(=O)O)C[C@@H](COc2ccc(S(=O)(=O)Nc3ccc(C(=N)N)cc3)cc2)N(CCCc2ccccc2)C1=O. The van der Waals surface area contributed by atoms with Crippen molar-refractivity contribution in [2.75, 3.05) is 17.9 Å². The summed E-state index contributed by atoms with van der Waals surface area (Å²) >= 11 is 0. The Morgan fingerprint density at radius 2 is 1.75 bits per heavy atom. The molecule has 1 heterocycles. The van der Waals surface area contributed by atoms with Crippen LogP contribution < -0.4 is 15.2 Å². The number of nitrogens with one attached hydrogen (secondary N) is 2. The van der Waals surface area contributed by atoms with Crippen molar-refractivity contribution in [1.29, 1.82) is 5.41 Å². The molecule has 1 aliphatic heterocycles. The van der Waals surface area contributed by atoms with Crippen molar-refractivity contribution >= 4 is 33.4 Å². The van der Waals surface area contributed by atoms with Crippen molar-refractivity contribution in [2.45, 2.75) is 37.1 Å². The molecule has 0 spiro atoms. The second-order valence-electron chi connectivity index (χ2n) is 9.96. The summed E-state index contributed by atoms with van der Waals surface area (Å²) < 4.78 is 34.0. The van der Waals surface area contributed by atoms with Crippen LogP contribution in [0.4, 0.5) is 5.69 Å². The number of benzene rings is 3. The predicted octanol–water partition coefficient (Wildman–Crippen LogP) is 3.47. The zero-order chi connectivity index (χ0) is 28.9. The van der Waals surface area contributed by atoms with E-state index in [0.29, 0.717) is 30.0 Å². The molecule has 1 aliphatic rings. The second kappa shape index (κ2) is 11.8. The van der Waals surface area contributed by atoms with Crippen molar-refractivity contribution in [2.24, 2.45) is 11.1 Å². The first-order chi connectivity index (χ1) is 19.0. The predicted molar refractivity (Wildman–Crippen MR) is 151 cm³/mol. The third-order valence-corrected chi connectivity index (χ3v) is 8.42. The fourth-order valence-corrected chi connectivity index (χ4v) is 5.76. The summed E-state index contributed by atoms with van der Waals surface area (Å²) in [6, 6.07) is 21.4. The molecule has 0 bridgehead atoms. The molecule has 0 unspecified atom stereocenters. The molecule has 5 N–H and O–H groups in total. The molecule has 10 nitrogen and oxygen atoms in total. The molecule has 3 aromatic rings. The molecule has 0 aliphatic carbocycles. The van der Waals surface area contributed by atoms with E-state index >= 15 is 0 Å². The Labute approximate surface area is 233 Å². The Morgan fingerprint density at radius 1 is 1.10 bits per heavy atom. The maximum Gasteiger partial charge on any atom is 0.319 e. The van der Waals surface area contributed by atoms with Crippen LogP contribution in [0.15, 0.2) is 83.8 Å². The Bertz CT molecular complexity index is 1480. The minimum absolute atomic E-state index is 0.0209. The van der Waals surface area contributed by atoms with E-state index in [0.717, 1.165) is 12.0 Å². The van der Waals surface area contributed by atoms with E-state index < -0.39 is 33.4 Å². The molecular formula is C29H32N4O6S. The quantitative estimate of drug-likeness (QED) is 0.149. The van der Waals surface area contributed by atoms with Gasteiger partial charge in [0, 0.05) is 17.8 Å². The number of hydrogen-bond donors (Lipinski definition) is 4. The van der Waals surface area contributed by atoms with Crippen LogP contribution in [0, 0.1) is 10.8 Å². The van der Waals surface area contributed by atoms with Gasteiger partial charge in [0.1, 0.15) is 23.6 Å². The average Bonchev–Trinajstić information content (AvgIpc) is 3.18. The zero-order valence-corrected chi connectivity index (χ0v) is 22.9. The number of hydrogen-bond acceptors (Lipinski definition) is 6. The van der Waals surface area contributed by atoms with Crippen LogP contribution in [0.1, 0.15) is 30.9 Å². The Kier molecular flexibility index (Phi) is 8.43. The first kappa shape index (κ1) is 28.6. The van der Waals surface area contributed by atoms with Gasteiger partial charge in [-0.05, 0) is 80.3 Å². The number of rotatable bonds is 12. The number of sulfonamides is 1. The number of carbonyl (C=O) groups excluding carboxylic acids is 1. The van der Waals surface area contributed by atoms with E-state index in [9.17, 15) is 23.1 Å². The largest absolute Gasteiger partial charge is 0.491 e. The average molecular weight is 565 g/mol. The lowest BCUT2D eigenvalue weighted by Crippen LogP contribution is -2.41. The normalized spacial score (nSPS) is 18.9. The van der Waals surface area contributed by atoms with Gasteiger partial charge in [0.05, 0.1) is 10.9 Å². The number of likely N-dealkylation sites (tertiary alicyclic amines) is 1. The molecule has 1 fully saturated rings. The lowest BCUT2D eigenvalue weighted by molar-refractivity contribution is -0.155. The Hall–Kier alpha value is -4.38. The lowest BCUT2D eigenvalue weighted by Gasteiger charge is -2.25. The number of amidine groups is 1. The standard InChI is InChI=1S/C29H32N4O6S/c1-29(28(35)36)18-23(33(27(29)34)17-5-8-20-6-3-2-4-7-20)19-39-24-13-15-25(16-14-24)40(37,38)32-22-11-9-21(10-12-22)26(30)31/h2-4,6-7,9-16,23,32H,5,8,17-19H2,1H3,(H3,30,31)(H,35,36)/t23-,29-/m0/s1.